The molecule has 0 fully saturated rings. The molecule has 0 spiro atoms. The first-order valence-corrected chi connectivity index (χ1v) is 7.38. The SMILES string of the molecule is CC[C@@H](Oc1ccccc1)C(=O)Nc1cc(Cl)ccc1OC. The Hall–Kier alpha value is -2.20. The zero-order chi connectivity index (χ0) is 15.9. The molecule has 22 heavy (non-hydrogen) atoms. The molecule has 0 aliphatic heterocycles. The number of nitrogens with one attached hydrogen (secondary N) is 1. The fraction of sp³-hybridized carbons (Fsp3) is 0.235. The molecule has 4 nitrogen and oxygen atoms in total. The van der Waals surface area contributed by atoms with Crippen molar-refractivity contribution in [1.29, 1.82) is 0 Å². The lowest BCUT2D eigenvalue weighted by Crippen LogP contribution is -2.32. The Kier molecular flexibility index (Phi) is 5.67. The fourth-order valence-corrected chi connectivity index (χ4v) is 2.15. The normalized spacial score (nSPS) is 11.6. The van der Waals surface area contributed by atoms with Gasteiger partial charge < -0.3 is 14.8 Å². The van der Waals surface area contributed by atoms with Crippen LogP contribution in [-0.4, -0.2) is 19.1 Å². The summed E-state index contributed by atoms with van der Waals surface area (Å²) in [6.45, 7) is 1.89. The van der Waals surface area contributed by atoms with E-state index >= 15 is 0 Å². The summed E-state index contributed by atoms with van der Waals surface area (Å²) >= 11 is 5.96. The van der Waals surface area contributed by atoms with Crippen LogP contribution in [-0.2, 0) is 4.79 Å². The summed E-state index contributed by atoms with van der Waals surface area (Å²) in [6, 6.07) is 14.3. The Labute approximate surface area is 135 Å². The molecule has 2 aromatic carbocycles. The average molecular weight is 320 g/mol. The minimum absolute atomic E-state index is 0.244. The highest BCUT2D eigenvalue weighted by molar-refractivity contribution is 6.31. The van der Waals surface area contributed by atoms with Crippen LogP contribution in [0.2, 0.25) is 5.02 Å². The Morgan fingerprint density at radius 3 is 2.59 bits per heavy atom. The second-order valence-electron chi connectivity index (χ2n) is 4.66. The number of ether oxygens (including phenoxy) is 2. The molecule has 1 amide bonds. The van der Waals surface area contributed by atoms with Gasteiger partial charge in [0.2, 0.25) is 0 Å². The van der Waals surface area contributed by atoms with E-state index in [-0.39, 0.29) is 5.91 Å². The second kappa shape index (κ2) is 7.71. The van der Waals surface area contributed by atoms with Crippen molar-refractivity contribution in [2.45, 2.75) is 19.4 Å². The van der Waals surface area contributed by atoms with E-state index in [1.807, 2.05) is 37.3 Å². The van der Waals surface area contributed by atoms with E-state index in [4.69, 9.17) is 21.1 Å². The molecule has 0 unspecified atom stereocenters. The van der Waals surface area contributed by atoms with Crippen molar-refractivity contribution in [2.75, 3.05) is 12.4 Å². The predicted molar refractivity (Wildman–Crippen MR) is 87.8 cm³/mol. The topological polar surface area (TPSA) is 47.6 Å². The van der Waals surface area contributed by atoms with Gasteiger partial charge in [-0.15, -0.1) is 0 Å². The second-order valence-corrected chi connectivity index (χ2v) is 5.10. The minimum Gasteiger partial charge on any atom is -0.495 e. The summed E-state index contributed by atoms with van der Waals surface area (Å²) in [5.74, 6) is 0.960. The number of carbonyl (C=O) groups is 1. The van der Waals surface area contributed by atoms with Gasteiger partial charge in [-0.2, -0.15) is 0 Å². The van der Waals surface area contributed by atoms with Gasteiger partial charge in [-0.3, -0.25) is 4.79 Å². The fourth-order valence-electron chi connectivity index (χ4n) is 1.98. The first-order chi connectivity index (χ1) is 10.6. The molecule has 0 radical (unpaired) electrons. The van der Waals surface area contributed by atoms with Gasteiger partial charge >= 0.3 is 0 Å². The summed E-state index contributed by atoms with van der Waals surface area (Å²) in [6.07, 6.45) is -0.0463. The van der Waals surface area contributed by atoms with E-state index in [9.17, 15) is 4.79 Å². The lowest BCUT2D eigenvalue weighted by Gasteiger charge is -2.18. The van der Waals surface area contributed by atoms with Crippen LogP contribution in [0.5, 0.6) is 11.5 Å². The number of amides is 1. The van der Waals surface area contributed by atoms with Crippen molar-refractivity contribution in [2.24, 2.45) is 0 Å². The maximum absolute atomic E-state index is 12.4. The number of para-hydroxylation sites is 1. The van der Waals surface area contributed by atoms with Crippen molar-refractivity contribution >= 4 is 23.2 Å². The van der Waals surface area contributed by atoms with E-state index in [1.54, 1.807) is 18.2 Å². The maximum Gasteiger partial charge on any atom is 0.265 e. The number of benzene rings is 2. The van der Waals surface area contributed by atoms with E-state index in [0.717, 1.165) is 0 Å². The van der Waals surface area contributed by atoms with E-state index < -0.39 is 6.10 Å². The largest absolute Gasteiger partial charge is 0.495 e. The number of rotatable bonds is 6. The third kappa shape index (κ3) is 4.15. The summed E-state index contributed by atoms with van der Waals surface area (Å²) in [5, 5.41) is 3.32. The predicted octanol–water partition coefficient (Wildman–Crippen LogP) is 4.14. The third-order valence-corrected chi connectivity index (χ3v) is 3.34. The van der Waals surface area contributed by atoms with E-state index in [2.05, 4.69) is 5.32 Å². The van der Waals surface area contributed by atoms with Crippen LogP contribution in [0.4, 0.5) is 5.69 Å². The van der Waals surface area contributed by atoms with Crippen molar-refractivity contribution < 1.29 is 14.3 Å². The van der Waals surface area contributed by atoms with Gasteiger partial charge in [0.1, 0.15) is 11.5 Å². The summed E-state index contributed by atoms with van der Waals surface area (Å²) in [4.78, 5) is 12.4. The van der Waals surface area contributed by atoms with Crippen molar-refractivity contribution in [3.8, 4) is 11.5 Å². The van der Waals surface area contributed by atoms with Gasteiger partial charge in [-0.25, -0.2) is 0 Å². The lowest BCUT2D eigenvalue weighted by molar-refractivity contribution is -0.122. The Bertz CT molecular complexity index is 631. The van der Waals surface area contributed by atoms with Gasteiger partial charge in [0.15, 0.2) is 6.10 Å². The smallest absolute Gasteiger partial charge is 0.265 e. The van der Waals surface area contributed by atoms with Crippen LogP contribution >= 0.6 is 11.6 Å². The number of carbonyl (C=O) groups excluding carboxylic acids is 1. The van der Waals surface area contributed by atoms with Gasteiger partial charge in [-0.1, -0.05) is 36.7 Å². The molecule has 1 N–H and O–H groups in total. The van der Waals surface area contributed by atoms with Crippen LogP contribution in [0.25, 0.3) is 0 Å². The molecule has 0 bridgehead atoms. The van der Waals surface area contributed by atoms with Crippen LogP contribution in [0, 0.1) is 0 Å². The standard InChI is InChI=1S/C17H18ClNO3/c1-3-15(22-13-7-5-4-6-8-13)17(20)19-14-11-12(18)9-10-16(14)21-2/h4-11,15H,3H2,1-2H3,(H,19,20)/t15-/m1/s1. The Morgan fingerprint density at radius 2 is 1.95 bits per heavy atom. The monoisotopic (exact) mass is 319 g/mol. The third-order valence-electron chi connectivity index (χ3n) is 3.10. The molecule has 0 aliphatic rings. The van der Waals surface area contributed by atoms with Crippen LogP contribution < -0.4 is 14.8 Å². The molecule has 0 aliphatic carbocycles. The van der Waals surface area contributed by atoms with Crippen molar-refractivity contribution in [3.05, 3.63) is 53.6 Å². The molecule has 5 heteroatoms. The van der Waals surface area contributed by atoms with Crippen molar-refractivity contribution in [1.82, 2.24) is 0 Å². The summed E-state index contributed by atoms with van der Waals surface area (Å²) in [7, 11) is 1.54. The zero-order valence-electron chi connectivity index (χ0n) is 12.5. The highest BCUT2D eigenvalue weighted by Crippen LogP contribution is 2.28. The van der Waals surface area contributed by atoms with E-state index in [0.29, 0.717) is 28.6 Å². The first-order valence-electron chi connectivity index (χ1n) is 7.00. The van der Waals surface area contributed by atoms with Gasteiger partial charge in [0, 0.05) is 5.02 Å². The minimum atomic E-state index is -0.592. The molecule has 2 aromatic rings. The molecule has 2 rings (SSSR count). The maximum atomic E-state index is 12.4. The number of anilines is 1. The highest BCUT2D eigenvalue weighted by atomic mass is 35.5. The average Bonchev–Trinajstić information content (AvgIpc) is 2.53. The van der Waals surface area contributed by atoms with Crippen molar-refractivity contribution in [3.63, 3.8) is 0 Å². The number of hydrogen-bond acceptors (Lipinski definition) is 3. The molecular weight excluding hydrogens is 302 g/mol. The quantitative estimate of drug-likeness (QED) is 0.870. The zero-order valence-corrected chi connectivity index (χ0v) is 13.3. The first kappa shape index (κ1) is 16.2. The van der Waals surface area contributed by atoms with Crippen LogP contribution in [0.3, 0.4) is 0 Å². The van der Waals surface area contributed by atoms with Gasteiger partial charge in [0.05, 0.1) is 12.8 Å². The van der Waals surface area contributed by atoms with Crippen LogP contribution in [0.1, 0.15) is 13.3 Å². The highest BCUT2D eigenvalue weighted by Gasteiger charge is 2.20. The molecule has 116 valence electrons. The molecular formula is C17H18ClNO3. The molecule has 0 saturated carbocycles. The van der Waals surface area contributed by atoms with Crippen LogP contribution in [0.15, 0.2) is 48.5 Å². The summed E-state index contributed by atoms with van der Waals surface area (Å²) in [5.41, 5.74) is 0.523. The molecule has 0 aromatic heterocycles. The molecule has 0 heterocycles. The van der Waals surface area contributed by atoms with Gasteiger partial charge in [0.25, 0.3) is 5.91 Å². The summed E-state index contributed by atoms with van der Waals surface area (Å²) < 4.78 is 10.9. The number of halogens is 1. The Balaban J connectivity index is 2.11. The lowest BCUT2D eigenvalue weighted by atomic mass is 10.2. The number of methoxy groups -OCH3 is 1. The Morgan fingerprint density at radius 1 is 1.23 bits per heavy atom. The molecule has 1 atom stereocenters. The molecule has 0 saturated heterocycles. The number of hydrogen-bond donors (Lipinski definition) is 1. The van der Waals surface area contributed by atoms with Gasteiger partial charge in [-0.05, 0) is 36.8 Å². The van der Waals surface area contributed by atoms with E-state index in [1.165, 1.54) is 7.11 Å².